The normalized spacial score (nSPS) is 20.3. The molecule has 4 heteroatoms. The van der Waals surface area contributed by atoms with Gasteiger partial charge in [0.2, 0.25) is 0 Å². The van der Waals surface area contributed by atoms with Gasteiger partial charge in [-0.3, -0.25) is 0 Å². The van der Waals surface area contributed by atoms with E-state index in [-0.39, 0.29) is 6.03 Å². The van der Waals surface area contributed by atoms with Gasteiger partial charge in [0.1, 0.15) is 0 Å². The van der Waals surface area contributed by atoms with Crippen molar-refractivity contribution in [2.24, 2.45) is 0 Å². The highest BCUT2D eigenvalue weighted by Gasteiger charge is 2.24. The predicted molar refractivity (Wildman–Crippen MR) is 62.0 cm³/mol. The van der Waals surface area contributed by atoms with Gasteiger partial charge in [0.05, 0.1) is 0 Å². The molecule has 4 nitrogen and oxygen atoms in total. The zero-order valence-corrected chi connectivity index (χ0v) is 9.88. The summed E-state index contributed by atoms with van der Waals surface area (Å²) in [5, 5.41) is 6.26. The number of unbranched alkanes of at least 4 members (excludes halogenated alkanes) is 1. The van der Waals surface area contributed by atoms with Crippen molar-refractivity contribution in [1.82, 2.24) is 15.5 Å². The van der Waals surface area contributed by atoms with Crippen LogP contribution >= 0.6 is 0 Å². The van der Waals surface area contributed by atoms with E-state index in [0.717, 1.165) is 45.4 Å². The first-order valence-corrected chi connectivity index (χ1v) is 6.04. The maximum Gasteiger partial charge on any atom is 0.317 e. The van der Waals surface area contributed by atoms with E-state index in [1.54, 1.807) is 0 Å². The Labute approximate surface area is 92.4 Å². The molecule has 0 saturated carbocycles. The van der Waals surface area contributed by atoms with E-state index < -0.39 is 0 Å². The fourth-order valence-corrected chi connectivity index (χ4v) is 1.95. The van der Waals surface area contributed by atoms with Gasteiger partial charge in [-0.25, -0.2) is 4.79 Å². The minimum atomic E-state index is 0.0969. The largest absolute Gasteiger partial charge is 0.338 e. The number of carbonyl (C=O) groups is 1. The second-order valence-electron chi connectivity index (χ2n) is 4.02. The molecule has 0 spiro atoms. The van der Waals surface area contributed by atoms with Gasteiger partial charge in [-0.2, -0.15) is 0 Å². The maximum atomic E-state index is 11.8. The van der Waals surface area contributed by atoms with Crippen LogP contribution in [0.3, 0.4) is 0 Å². The van der Waals surface area contributed by atoms with Crippen molar-refractivity contribution in [2.75, 3.05) is 26.2 Å². The van der Waals surface area contributed by atoms with Crippen molar-refractivity contribution >= 4 is 6.03 Å². The molecule has 1 rings (SSSR count). The van der Waals surface area contributed by atoms with Crippen molar-refractivity contribution in [3.8, 4) is 0 Å². The second-order valence-corrected chi connectivity index (χ2v) is 4.02. The van der Waals surface area contributed by atoms with Crippen molar-refractivity contribution < 1.29 is 4.79 Å². The van der Waals surface area contributed by atoms with E-state index in [0.29, 0.717) is 6.04 Å². The van der Waals surface area contributed by atoms with E-state index in [2.05, 4.69) is 17.6 Å². The third-order valence-corrected chi connectivity index (χ3v) is 2.88. The molecule has 0 aromatic heterocycles. The molecule has 2 amide bonds. The highest BCUT2D eigenvalue weighted by atomic mass is 16.2. The van der Waals surface area contributed by atoms with Gasteiger partial charge >= 0.3 is 6.03 Å². The fraction of sp³-hybridized carbons (Fsp3) is 0.909. The minimum Gasteiger partial charge on any atom is -0.338 e. The topological polar surface area (TPSA) is 44.4 Å². The lowest BCUT2D eigenvalue weighted by Gasteiger charge is -2.27. The zero-order chi connectivity index (χ0) is 11.1. The molecule has 1 unspecified atom stereocenters. The van der Waals surface area contributed by atoms with Crippen LogP contribution in [0.25, 0.3) is 0 Å². The summed E-state index contributed by atoms with van der Waals surface area (Å²) in [5.41, 5.74) is 0. The Morgan fingerprint density at radius 1 is 1.53 bits per heavy atom. The summed E-state index contributed by atoms with van der Waals surface area (Å²) in [5.74, 6) is 0. The summed E-state index contributed by atoms with van der Waals surface area (Å²) in [6, 6.07) is 0.483. The number of nitrogens with one attached hydrogen (secondary N) is 2. The molecular weight excluding hydrogens is 190 g/mol. The van der Waals surface area contributed by atoms with Gasteiger partial charge in [-0.1, -0.05) is 13.3 Å². The average Bonchev–Trinajstić information content (AvgIpc) is 2.73. The number of hydrogen-bond donors (Lipinski definition) is 2. The fourth-order valence-electron chi connectivity index (χ4n) is 1.95. The molecule has 88 valence electrons. The number of rotatable bonds is 5. The standard InChI is InChI=1S/C11H23N3O/c1-3-5-7-13-11(15)14(4-2)10-6-8-12-9-10/h10,12H,3-9H2,1-2H3,(H,13,15). The SMILES string of the molecule is CCCCNC(=O)N(CC)C1CCNC1. The van der Waals surface area contributed by atoms with E-state index in [1.807, 2.05) is 11.8 Å². The quantitative estimate of drug-likeness (QED) is 0.674. The van der Waals surface area contributed by atoms with Crippen LogP contribution in [0.4, 0.5) is 4.79 Å². The number of likely N-dealkylation sites (N-methyl/N-ethyl adjacent to an activating group) is 1. The molecule has 1 aliphatic rings. The van der Waals surface area contributed by atoms with E-state index in [4.69, 9.17) is 0 Å². The lowest BCUT2D eigenvalue weighted by atomic mass is 10.2. The number of hydrogen-bond acceptors (Lipinski definition) is 2. The van der Waals surface area contributed by atoms with Crippen LogP contribution in [-0.2, 0) is 0 Å². The molecule has 2 N–H and O–H groups in total. The summed E-state index contributed by atoms with van der Waals surface area (Å²) < 4.78 is 0. The molecule has 1 fully saturated rings. The van der Waals surface area contributed by atoms with Crippen LogP contribution < -0.4 is 10.6 Å². The number of amides is 2. The molecule has 0 aliphatic carbocycles. The minimum absolute atomic E-state index is 0.0969. The Kier molecular flexibility index (Phi) is 5.47. The third-order valence-electron chi connectivity index (χ3n) is 2.88. The Morgan fingerprint density at radius 2 is 2.33 bits per heavy atom. The number of nitrogens with zero attached hydrogens (tertiary/aromatic N) is 1. The van der Waals surface area contributed by atoms with Gasteiger partial charge in [-0.05, 0) is 26.3 Å². The average molecular weight is 213 g/mol. The Bertz CT molecular complexity index is 190. The first kappa shape index (κ1) is 12.3. The first-order valence-electron chi connectivity index (χ1n) is 6.04. The first-order chi connectivity index (χ1) is 7.29. The lowest BCUT2D eigenvalue weighted by Crippen LogP contribution is -2.47. The Morgan fingerprint density at radius 3 is 2.87 bits per heavy atom. The van der Waals surface area contributed by atoms with Crippen LogP contribution in [0.1, 0.15) is 33.1 Å². The number of carbonyl (C=O) groups excluding carboxylic acids is 1. The second kappa shape index (κ2) is 6.67. The monoisotopic (exact) mass is 213 g/mol. The smallest absolute Gasteiger partial charge is 0.317 e. The summed E-state index contributed by atoms with van der Waals surface area (Å²) >= 11 is 0. The third kappa shape index (κ3) is 3.70. The summed E-state index contributed by atoms with van der Waals surface area (Å²) in [6.45, 7) is 7.73. The Balaban J connectivity index is 2.32. The van der Waals surface area contributed by atoms with Crippen molar-refractivity contribution in [1.29, 1.82) is 0 Å². The van der Waals surface area contributed by atoms with Crippen LogP contribution in [0.2, 0.25) is 0 Å². The molecule has 0 radical (unpaired) electrons. The van der Waals surface area contributed by atoms with Crippen LogP contribution in [0.15, 0.2) is 0 Å². The van der Waals surface area contributed by atoms with E-state index >= 15 is 0 Å². The molecular formula is C11H23N3O. The summed E-state index contributed by atoms with van der Waals surface area (Å²) in [4.78, 5) is 13.8. The highest BCUT2D eigenvalue weighted by molar-refractivity contribution is 5.74. The van der Waals surface area contributed by atoms with Gasteiger partial charge in [-0.15, -0.1) is 0 Å². The van der Waals surface area contributed by atoms with Crippen molar-refractivity contribution in [3.05, 3.63) is 0 Å². The molecule has 1 saturated heterocycles. The van der Waals surface area contributed by atoms with Crippen molar-refractivity contribution in [3.63, 3.8) is 0 Å². The van der Waals surface area contributed by atoms with Gasteiger partial charge in [0, 0.05) is 25.7 Å². The molecule has 0 aromatic rings. The predicted octanol–water partition coefficient (Wildman–Crippen LogP) is 1.18. The van der Waals surface area contributed by atoms with Crippen LogP contribution in [-0.4, -0.2) is 43.2 Å². The van der Waals surface area contributed by atoms with Gasteiger partial charge in [0.25, 0.3) is 0 Å². The zero-order valence-electron chi connectivity index (χ0n) is 9.88. The number of urea groups is 1. The molecule has 1 heterocycles. The molecule has 0 bridgehead atoms. The molecule has 15 heavy (non-hydrogen) atoms. The lowest BCUT2D eigenvalue weighted by molar-refractivity contribution is 0.182. The van der Waals surface area contributed by atoms with E-state index in [9.17, 15) is 4.79 Å². The summed E-state index contributed by atoms with van der Waals surface area (Å²) in [7, 11) is 0. The van der Waals surface area contributed by atoms with Crippen LogP contribution in [0, 0.1) is 0 Å². The Hall–Kier alpha value is -0.770. The van der Waals surface area contributed by atoms with Gasteiger partial charge < -0.3 is 15.5 Å². The molecule has 1 aliphatic heterocycles. The van der Waals surface area contributed by atoms with Gasteiger partial charge in [0.15, 0.2) is 0 Å². The van der Waals surface area contributed by atoms with Crippen molar-refractivity contribution in [2.45, 2.75) is 39.2 Å². The molecule has 0 aromatic carbocycles. The van der Waals surface area contributed by atoms with E-state index in [1.165, 1.54) is 0 Å². The summed E-state index contributed by atoms with van der Waals surface area (Å²) in [6.07, 6.45) is 3.26. The maximum absolute atomic E-state index is 11.8. The van der Waals surface area contributed by atoms with Crippen LogP contribution in [0.5, 0.6) is 0 Å². The molecule has 1 atom stereocenters. The highest BCUT2D eigenvalue weighted by Crippen LogP contribution is 2.08.